The summed E-state index contributed by atoms with van der Waals surface area (Å²) in [5.74, 6) is 0.766. The third kappa shape index (κ3) is 4.95. The second-order valence-corrected chi connectivity index (χ2v) is 10.1. The number of piperazine rings is 1. The maximum absolute atomic E-state index is 13.1. The molecule has 3 fully saturated rings. The largest absolute Gasteiger partial charge is 0.435 e. The van der Waals surface area contributed by atoms with Gasteiger partial charge in [-0.3, -0.25) is 4.68 Å². The van der Waals surface area contributed by atoms with Crippen LogP contribution in [-0.2, 0) is 27.5 Å². The third-order valence-corrected chi connectivity index (χ3v) is 7.86. The molecule has 29 heavy (non-hydrogen) atoms. The highest BCUT2D eigenvalue weighted by Crippen LogP contribution is 2.35. The molecule has 0 bridgehead atoms. The van der Waals surface area contributed by atoms with Crippen molar-refractivity contribution < 1.29 is 26.3 Å². The molecule has 1 saturated carbocycles. The van der Waals surface area contributed by atoms with Crippen molar-refractivity contribution in [3.05, 3.63) is 11.8 Å². The minimum Gasteiger partial charge on any atom is -0.381 e. The van der Waals surface area contributed by atoms with Crippen LogP contribution in [0.3, 0.4) is 0 Å². The second-order valence-electron chi connectivity index (χ2n) is 8.25. The Morgan fingerprint density at radius 2 is 1.62 bits per heavy atom. The fraction of sp³-hybridized carbons (Fsp3) is 0.833. The first kappa shape index (κ1) is 21.1. The standard InChI is InChI=1S/C18H27F3N4O3S/c19-18(20,21)16-11-17(25(22-16)13-14-1-2-14)29(26,27)24-7-5-23(6-8-24)12-15-3-9-28-10-4-15/h11,14-15H,1-10,12-13H2. The van der Waals surface area contributed by atoms with Crippen molar-refractivity contribution in [3.8, 4) is 0 Å². The predicted molar refractivity (Wildman–Crippen MR) is 98.7 cm³/mol. The molecule has 7 nitrogen and oxygen atoms in total. The van der Waals surface area contributed by atoms with Crippen LogP contribution in [0, 0.1) is 11.8 Å². The van der Waals surface area contributed by atoms with Gasteiger partial charge in [-0.25, -0.2) is 8.42 Å². The number of hydrogen-bond acceptors (Lipinski definition) is 5. The predicted octanol–water partition coefficient (Wildman–Crippen LogP) is 2.04. The summed E-state index contributed by atoms with van der Waals surface area (Å²) in [4.78, 5) is 2.24. The first-order valence-corrected chi connectivity index (χ1v) is 11.6. The molecule has 0 N–H and O–H groups in total. The molecule has 3 heterocycles. The van der Waals surface area contributed by atoms with E-state index in [2.05, 4.69) is 10.00 Å². The van der Waals surface area contributed by atoms with E-state index >= 15 is 0 Å². The molecule has 0 radical (unpaired) electrons. The van der Waals surface area contributed by atoms with Crippen molar-refractivity contribution in [2.24, 2.45) is 11.8 Å². The lowest BCUT2D eigenvalue weighted by Gasteiger charge is -2.36. The SMILES string of the molecule is O=S(=O)(c1cc(C(F)(F)F)nn1CC1CC1)N1CCN(CC2CCOCC2)CC1. The number of alkyl halides is 3. The second kappa shape index (κ2) is 8.16. The zero-order chi connectivity index (χ0) is 20.6. The lowest BCUT2D eigenvalue weighted by Crippen LogP contribution is -2.50. The van der Waals surface area contributed by atoms with Crippen LogP contribution in [-0.4, -0.2) is 73.3 Å². The molecule has 2 aliphatic heterocycles. The van der Waals surface area contributed by atoms with Crippen LogP contribution in [0.15, 0.2) is 11.1 Å². The summed E-state index contributed by atoms with van der Waals surface area (Å²) in [6.07, 6.45) is -0.850. The smallest absolute Gasteiger partial charge is 0.381 e. The highest BCUT2D eigenvalue weighted by molar-refractivity contribution is 7.89. The van der Waals surface area contributed by atoms with Gasteiger partial charge in [0.25, 0.3) is 10.0 Å². The Morgan fingerprint density at radius 1 is 1.00 bits per heavy atom. The van der Waals surface area contributed by atoms with Gasteiger partial charge in [-0.05, 0) is 37.5 Å². The van der Waals surface area contributed by atoms with Crippen LogP contribution in [0.1, 0.15) is 31.4 Å². The van der Waals surface area contributed by atoms with E-state index in [1.807, 2.05) is 0 Å². The van der Waals surface area contributed by atoms with Gasteiger partial charge in [0.2, 0.25) is 0 Å². The topological polar surface area (TPSA) is 67.7 Å². The van der Waals surface area contributed by atoms with E-state index in [0.29, 0.717) is 25.1 Å². The maximum atomic E-state index is 13.1. The van der Waals surface area contributed by atoms with E-state index in [1.54, 1.807) is 0 Å². The van der Waals surface area contributed by atoms with Crippen LogP contribution >= 0.6 is 0 Å². The molecule has 164 valence electrons. The van der Waals surface area contributed by atoms with Gasteiger partial charge in [0.15, 0.2) is 10.7 Å². The van der Waals surface area contributed by atoms with Gasteiger partial charge in [-0.2, -0.15) is 22.6 Å². The molecule has 0 aromatic carbocycles. The van der Waals surface area contributed by atoms with Crippen molar-refractivity contribution in [2.45, 2.75) is 43.4 Å². The zero-order valence-electron chi connectivity index (χ0n) is 16.3. The van der Waals surface area contributed by atoms with Crippen molar-refractivity contribution in [1.82, 2.24) is 19.0 Å². The van der Waals surface area contributed by atoms with Gasteiger partial charge >= 0.3 is 6.18 Å². The summed E-state index contributed by atoms with van der Waals surface area (Å²) in [6.45, 7) is 4.39. The van der Waals surface area contributed by atoms with Gasteiger partial charge in [0, 0.05) is 58.5 Å². The van der Waals surface area contributed by atoms with Gasteiger partial charge < -0.3 is 9.64 Å². The van der Waals surface area contributed by atoms with Crippen molar-refractivity contribution >= 4 is 10.0 Å². The van der Waals surface area contributed by atoms with E-state index in [1.165, 1.54) is 4.31 Å². The summed E-state index contributed by atoms with van der Waals surface area (Å²) < 4.78 is 73.4. The first-order chi connectivity index (χ1) is 13.7. The molecule has 1 aromatic heterocycles. The van der Waals surface area contributed by atoms with Crippen LogP contribution in [0.25, 0.3) is 0 Å². The first-order valence-electron chi connectivity index (χ1n) is 10.2. The Kier molecular flexibility index (Phi) is 5.93. The highest BCUT2D eigenvalue weighted by Gasteiger charge is 2.40. The molecular weight excluding hydrogens is 409 g/mol. The number of sulfonamides is 1. The quantitative estimate of drug-likeness (QED) is 0.683. The van der Waals surface area contributed by atoms with Crippen LogP contribution in [0.2, 0.25) is 0 Å². The third-order valence-electron chi connectivity index (χ3n) is 5.95. The fourth-order valence-corrected chi connectivity index (χ4v) is 5.55. The Balaban J connectivity index is 1.45. The molecule has 0 spiro atoms. The van der Waals surface area contributed by atoms with Crippen molar-refractivity contribution in [3.63, 3.8) is 0 Å². The maximum Gasteiger partial charge on any atom is 0.435 e. The molecule has 0 atom stereocenters. The highest BCUT2D eigenvalue weighted by atomic mass is 32.2. The van der Waals surface area contributed by atoms with Gasteiger partial charge in [-0.1, -0.05) is 0 Å². The van der Waals surface area contributed by atoms with Crippen molar-refractivity contribution in [1.29, 1.82) is 0 Å². The molecule has 11 heteroatoms. The normalized spacial score (nSPS) is 23.6. The molecule has 1 aliphatic carbocycles. The zero-order valence-corrected chi connectivity index (χ0v) is 17.1. The van der Waals surface area contributed by atoms with Crippen LogP contribution in [0.5, 0.6) is 0 Å². The molecule has 2 saturated heterocycles. The summed E-state index contributed by atoms with van der Waals surface area (Å²) in [7, 11) is -4.02. The lowest BCUT2D eigenvalue weighted by atomic mass is 9.99. The molecule has 1 aromatic rings. The number of halogens is 3. The number of rotatable bonds is 6. The van der Waals surface area contributed by atoms with E-state index in [9.17, 15) is 21.6 Å². The minimum atomic E-state index is -4.67. The monoisotopic (exact) mass is 436 g/mol. The van der Waals surface area contributed by atoms with Gasteiger partial charge in [0.1, 0.15) is 0 Å². The molecule has 0 amide bonds. The number of ether oxygens (including phenoxy) is 1. The Hall–Kier alpha value is -1.17. The average molecular weight is 437 g/mol. The van der Waals surface area contributed by atoms with E-state index in [0.717, 1.165) is 50.1 Å². The van der Waals surface area contributed by atoms with E-state index in [-0.39, 0.29) is 30.6 Å². The summed E-state index contributed by atoms with van der Waals surface area (Å²) in [5.41, 5.74) is -1.14. The fourth-order valence-electron chi connectivity index (χ4n) is 4.00. The lowest BCUT2D eigenvalue weighted by molar-refractivity contribution is -0.141. The van der Waals surface area contributed by atoms with Crippen molar-refractivity contribution in [2.75, 3.05) is 45.9 Å². The Labute approximate surface area is 168 Å². The Bertz CT molecular complexity index is 809. The van der Waals surface area contributed by atoms with Crippen LogP contribution < -0.4 is 0 Å². The van der Waals surface area contributed by atoms with Crippen LogP contribution in [0.4, 0.5) is 13.2 Å². The molecular formula is C18H27F3N4O3S. The Morgan fingerprint density at radius 3 is 2.21 bits per heavy atom. The minimum absolute atomic E-state index is 0.209. The molecule has 3 aliphatic rings. The summed E-state index contributed by atoms with van der Waals surface area (Å²) in [5, 5.41) is 3.24. The number of aromatic nitrogens is 2. The number of hydrogen-bond donors (Lipinski definition) is 0. The van der Waals surface area contributed by atoms with Gasteiger partial charge in [-0.15, -0.1) is 0 Å². The van der Waals surface area contributed by atoms with E-state index < -0.39 is 21.9 Å². The molecule has 4 rings (SSSR count). The number of nitrogens with zero attached hydrogens (tertiary/aromatic N) is 4. The van der Waals surface area contributed by atoms with Gasteiger partial charge in [0.05, 0.1) is 0 Å². The summed E-state index contributed by atoms with van der Waals surface area (Å²) >= 11 is 0. The van der Waals surface area contributed by atoms with E-state index in [4.69, 9.17) is 4.74 Å². The molecule has 0 unspecified atom stereocenters. The average Bonchev–Trinajstić information content (AvgIpc) is 3.37. The summed E-state index contributed by atoms with van der Waals surface area (Å²) in [6, 6.07) is 0.687.